The predicted molar refractivity (Wildman–Crippen MR) is 50.3 cm³/mol. The number of nitrogens with zero attached hydrogens (tertiary/aromatic N) is 4. The molecule has 0 aromatic heterocycles. The minimum absolute atomic E-state index is 0. The van der Waals surface area contributed by atoms with Crippen molar-refractivity contribution in [2.45, 2.75) is 44.7 Å². The van der Waals surface area contributed by atoms with Gasteiger partial charge in [0.05, 0.1) is 0 Å². The first-order valence-electron chi connectivity index (χ1n) is 4.91. The van der Waals surface area contributed by atoms with E-state index in [1.54, 1.807) is 0 Å². The Morgan fingerprint density at radius 1 is 1.29 bits per heavy atom. The molecule has 2 fully saturated rings. The number of fused-ring (bicyclic) bond motifs is 2. The molecule has 0 radical (unpaired) electrons. The molecule has 80 valence electrons. The van der Waals surface area contributed by atoms with E-state index in [1.807, 2.05) is 0 Å². The third-order valence-corrected chi connectivity index (χ3v) is 3.36. The summed E-state index contributed by atoms with van der Waals surface area (Å²) >= 11 is 0. The summed E-state index contributed by atoms with van der Waals surface area (Å²) in [5, 5.41) is 6.15. The molecule has 0 amide bonds. The molecule has 2 rings (SSSR count). The summed E-state index contributed by atoms with van der Waals surface area (Å²) in [4.78, 5) is 2.15. The van der Waals surface area contributed by atoms with Crippen LogP contribution in [0.15, 0.2) is 10.3 Å². The van der Waals surface area contributed by atoms with Gasteiger partial charge < -0.3 is 27.1 Å². The second kappa shape index (κ2) is 4.87. The van der Waals surface area contributed by atoms with E-state index >= 15 is 0 Å². The van der Waals surface area contributed by atoms with Crippen LogP contribution in [-0.4, -0.2) is 23.3 Å². The summed E-state index contributed by atoms with van der Waals surface area (Å²) in [6, 6.07) is 1.16. The molecule has 2 aliphatic heterocycles. The zero-order valence-electron chi connectivity index (χ0n) is 8.17. The number of hydrogen-bond donors (Lipinski definition) is 0. The van der Waals surface area contributed by atoms with Gasteiger partial charge in [0, 0.05) is 0 Å². The van der Waals surface area contributed by atoms with Crippen LogP contribution in [0.25, 0.3) is 5.53 Å². The van der Waals surface area contributed by atoms with Gasteiger partial charge in [0.1, 0.15) is 0 Å². The van der Waals surface area contributed by atoms with Crippen LogP contribution in [0.4, 0.5) is 0 Å². The summed E-state index contributed by atoms with van der Waals surface area (Å²) < 4.78 is 0. The third-order valence-electron chi connectivity index (χ3n) is 3.36. The fraction of sp³-hybridized carbons (Fsp3) is 0.889. The van der Waals surface area contributed by atoms with Crippen LogP contribution in [-0.2, 0) is 16.5 Å². The molecule has 0 spiro atoms. The molecule has 5 heteroatoms. The van der Waals surface area contributed by atoms with Crippen molar-refractivity contribution < 1.29 is 16.5 Å². The molecule has 0 aliphatic carbocycles. The Morgan fingerprint density at radius 2 is 2.00 bits per heavy atom. The van der Waals surface area contributed by atoms with Gasteiger partial charge in [-0.2, -0.15) is 0 Å². The maximum Gasteiger partial charge on any atom is 2.00 e. The Bertz CT molecular complexity index is 231. The average molecular weight is 237 g/mol. The average Bonchev–Trinajstić information content (AvgIpc) is 2.44. The topological polar surface area (TPSA) is 50.3 Å². The third kappa shape index (κ3) is 1.97. The summed E-state index contributed by atoms with van der Waals surface area (Å²) in [6.07, 6.45) is 7.82. The predicted octanol–water partition coefficient (Wildman–Crippen LogP) is 2.09. The molecule has 0 N–H and O–H groups in total. The first kappa shape index (κ1) is 11.6. The summed E-state index contributed by atoms with van der Waals surface area (Å²) in [6.45, 7) is 2.27. The number of rotatable bonds is 2. The molecule has 2 bridgehead atoms. The maximum absolute atomic E-state index is 8.22. The van der Waals surface area contributed by atoms with E-state index in [9.17, 15) is 0 Å². The SMILES string of the molecule is CC1CCC2CCC1N2[C-]=NN=[N-].[Ni+2]. The van der Waals surface area contributed by atoms with Crippen LogP contribution >= 0.6 is 0 Å². The van der Waals surface area contributed by atoms with E-state index in [1.165, 1.54) is 25.7 Å². The Hall–Kier alpha value is -0.436. The molecule has 3 unspecified atom stereocenters. The van der Waals surface area contributed by atoms with Crippen molar-refractivity contribution in [3.05, 3.63) is 5.53 Å². The Labute approximate surface area is 94.6 Å². The molecule has 14 heavy (non-hydrogen) atoms. The van der Waals surface area contributed by atoms with Crippen molar-refractivity contribution in [3.8, 4) is 0 Å². The molecule has 2 heterocycles. The normalized spacial score (nSPS) is 35.8. The van der Waals surface area contributed by atoms with E-state index in [-0.39, 0.29) is 16.5 Å². The summed E-state index contributed by atoms with van der Waals surface area (Å²) in [5.41, 5.74) is 8.22. The van der Waals surface area contributed by atoms with E-state index < -0.39 is 0 Å². The van der Waals surface area contributed by atoms with Crippen molar-refractivity contribution in [2.24, 2.45) is 16.2 Å². The van der Waals surface area contributed by atoms with Crippen LogP contribution < -0.4 is 0 Å². The second-order valence-electron chi connectivity index (χ2n) is 4.05. The fourth-order valence-corrected chi connectivity index (χ4v) is 2.63. The molecule has 2 aliphatic rings. The van der Waals surface area contributed by atoms with Gasteiger partial charge in [-0.1, -0.05) is 6.92 Å². The number of piperidine rings is 1. The monoisotopic (exact) mass is 236 g/mol. The van der Waals surface area contributed by atoms with Crippen LogP contribution in [0.1, 0.15) is 32.6 Å². The maximum atomic E-state index is 8.22. The zero-order valence-corrected chi connectivity index (χ0v) is 9.15. The largest absolute Gasteiger partial charge is 2.00 e. The standard InChI is InChI=1S/C9H14N4.Ni/c1-7-2-3-8-4-5-9(7)13(8)6-11-12-10;/h7-9H,2-5H2,1H3;/q-2;+2. The molecule has 4 nitrogen and oxygen atoms in total. The molecule has 0 aromatic carbocycles. The molecule has 2 saturated heterocycles. The van der Waals surface area contributed by atoms with E-state index in [4.69, 9.17) is 5.53 Å². The summed E-state index contributed by atoms with van der Waals surface area (Å²) in [7, 11) is 0. The van der Waals surface area contributed by atoms with Gasteiger partial charge in [-0.15, -0.1) is 0 Å². The summed E-state index contributed by atoms with van der Waals surface area (Å²) in [5.74, 6) is 0.722. The Morgan fingerprint density at radius 3 is 2.71 bits per heavy atom. The minimum Gasteiger partial charge on any atom is -0.553 e. The zero-order chi connectivity index (χ0) is 9.26. The van der Waals surface area contributed by atoms with E-state index in [0.717, 1.165) is 5.92 Å². The Balaban J connectivity index is 0.000000980. The van der Waals surface area contributed by atoms with Crippen LogP contribution in [0, 0.1) is 5.92 Å². The van der Waals surface area contributed by atoms with Crippen molar-refractivity contribution >= 4 is 6.34 Å². The van der Waals surface area contributed by atoms with Gasteiger partial charge in [-0.05, 0) is 43.7 Å². The van der Waals surface area contributed by atoms with Crippen molar-refractivity contribution in [2.75, 3.05) is 0 Å². The van der Waals surface area contributed by atoms with Crippen molar-refractivity contribution in [1.29, 1.82) is 0 Å². The van der Waals surface area contributed by atoms with Crippen molar-refractivity contribution in [1.82, 2.24) is 4.90 Å². The van der Waals surface area contributed by atoms with Gasteiger partial charge in [0.2, 0.25) is 0 Å². The van der Waals surface area contributed by atoms with Crippen molar-refractivity contribution in [3.63, 3.8) is 0 Å². The molecular weight excluding hydrogens is 223 g/mol. The van der Waals surface area contributed by atoms with Gasteiger partial charge in [-0.25, -0.2) is 0 Å². The molecule has 0 aromatic rings. The fourth-order valence-electron chi connectivity index (χ4n) is 2.63. The van der Waals surface area contributed by atoms with Gasteiger partial charge >= 0.3 is 16.5 Å². The van der Waals surface area contributed by atoms with Gasteiger partial charge in [-0.3, -0.25) is 0 Å². The molecular formula is C9H14N4Ni. The molecule has 3 atom stereocenters. The van der Waals surface area contributed by atoms with Crippen LogP contribution in [0.2, 0.25) is 0 Å². The smallest absolute Gasteiger partial charge is 0.553 e. The van der Waals surface area contributed by atoms with Crippen LogP contribution in [0.3, 0.4) is 0 Å². The van der Waals surface area contributed by atoms with E-state index in [2.05, 4.69) is 28.5 Å². The number of hydrogen-bond acceptors (Lipinski definition) is 1. The minimum atomic E-state index is 0. The molecule has 0 saturated carbocycles. The quantitative estimate of drug-likeness (QED) is 0.181. The first-order chi connectivity index (χ1) is 6.33. The Kier molecular flexibility index (Phi) is 4.05. The van der Waals surface area contributed by atoms with Gasteiger partial charge in [0.15, 0.2) is 0 Å². The second-order valence-corrected chi connectivity index (χ2v) is 4.05. The van der Waals surface area contributed by atoms with Crippen LogP contribution in [0.5, 0.6) is 0 Å². The van der Waals surface area contributed by atoms with E-state index in [0.29, 0.717) is 12.1 Å². The first-order valence-corrected chi connectivity index (χ1v) is 4.91. The van der Waals surface area contributed by atoms with Gasteiger partial charge in [0.25, 0.3) is 0 Å².